The van der Waals surface area contributed by atoms with Crippen LogP contribution < -0.4 is 5.32 Å². The topological polar surface area (TPSA) is 32.3 Å². The summed E-state index contributed by atoms with van der Waals surface area (Å²) in [4.78, 5) is 1.30. The first kappa shape index (κ1) is 15.0. The number of benzene rings is 1. The SMILES string of the molecule is CCCNCc1ccc(Br)cc1SCCCO. The van der Waals surface area contributed by atoms with Crippen molar-refractivity contribution in [3.8, 4) is 0 Å². The van der Waals surface area contributed by atoms with Crippen LogP contribution >= 0.6 is 27.7 Å². The van der Waals surface area contributed by atoms with E-state index in [0.717, 1.165) is 36.2 Å². The van der Waals surface area contributed by atoms with Crippen LogP contribution in [0.1, 0.15) is 25.3 Å². The lowest BCUT2D eigenvalue weighted by Crippen LogP contribution is -2.14. The summed E-state index contributed by atoms with van der Waals surface area (Å²) in [6, 6.07) is 6.40. The minimum atomic E-state index is 0.268. The summed E-state index contributed by atoms with van der Waals surface area (Å²) in [5.74, 6) is 0.966. The number of aliphatic hydroxyl groups is 1. The first-order valence-electron chi connectivity index (χ1n) is 6.00. The average Bonchev–Trinajstić information content (AvgIpc) is 2.32. The van der Waals surface area contributed by atoms with Gasteiger partial charge in [0, 0.05) is 28.3 Å². The van der Waals surface area contributed by atoms with E-state index in [0.29, 0.717) is 0 Å². The van der Waals surface area contributed by atoms with Crippen molar-refractivity contribution in [2.24, 2.45) is 0 Å². The molecule has 0 aliphatic heterocycles. The molecule has 0 amide bonds. The van der Waals surface area contributed by atoms with Gasteiger partial charge in [0.25, 0.3) is 0 Å². The first-order chi connectivity index (χ1) is 8.27. The molecule has 0 radical (unpaired) electrons. The van der Waals surface area contributed by atoms with Crippen molar-refractivity contribution in [3.63, 3.8) is 0 Å². The number of nitrogens with one attached hydrogen (secondary N) is 1. The van der Waals surface area contributed by atoms with E-state index < -0.39 is 0 Å². The third-order valence-electron chi connectivity index (χ3n) is 2.33. The maximum absolute atomic E-state index is 8.81. The second-order valence-electron chi connectivity index (χ2n) is 3.85. The number of hydrogen-bond donors (Lipinski definition) is 2. The van der Waals surface area contributed by atoms with E-state index in [1.165, 1.54) is 10.5 Å². The second-order valence-corrected chi connectivity index (χ2v) is 5.91. The Morgan fingerprint density at radius 3 is 2.94 bits per heavy atom. The Morgan fingerprint density at radius 2 is 2.24 bits per heavy atom. The van der Waals surface area contributed by atoms with Crippen LogP contribution in [-0.4, -0.2) is 24.0 Å². The lowest BCUT2D eigenvalue weighted by atomic mass is 10.2. The van der Waals surface area contributed by atoms with Gasteiger partial charge in [-0.1, -0.05) is 28.9 Å². The summed E-state index contributed by atoms with van der Waals surface area (Å²) in [6.07, 6.45) is 2.00. The van der Waals surface area contributed by atoms with Crippen molar-refractivity contribution in [1.82, 2.24) is 5.32 Å². The maximum atomic E-state index is 8.81. The van der Waals surface area contributed by atoms with Gasteiger partial charge in [-0.05, 0) is 37.1 Å². The zero-order valence-electron chi connectivity index (χ0n) is 10.2. The van der Waals surface area contributed by atoms with Gasteiger partial charge in [0.2, 0.25) is 0 Å². The molecule has 0 atom stereocenters. The fourth-order valence-electron chi connectivity index (χ4n) is 1.46. The summed E-state index contributed by atoms with van der Waals surface area (Å²) in [5.41, 5.74) is 1.34. The Morgan fingerprint density at radius 1 is 1.41 bits per heavy atom. The molecule has 1 aromatic rings. The first-order valence-corrected chi connectivity index (χ1v) is 7.78. The van der Waals surface area contributed by atoms with E-state index in [-0.39, 0.29) is 6.61 Å². The number of hydrogen-bond acceptors (Lipinski definition) is 3. The molecule has 0 fully saturated rings. The van der Waals surface area contributed by atoms with E-state index in [9.17, 15) is 0 Å². The average molecular weight is 318 g/mol. The molecule has 1 aromatic carbocycles. The molecule has 0 heterocycles. The zero-order valence-corrected chi connectivity index (χ0v) is 12.6. The highest BCUT2D eigenvalue weighted by Gasteiger charge is 2.03. The van der Waals surface area contributed by atoms with Gasteiger partial charge in [-0.2, -0.15) is 0 Å². The minimum Gasteiger partial charge on any atom is -0.396 e. The Kier molecular flexibility index (Phi) is 7.93. The van der Waals surface area contributed by atoms with Crippen molar-refractivity contribution in [2.45, 2.75) is 31.2 Å². The highest BCUT2D eigenvalue weighted by molar-refractivity contribution is 9.10. The Hall–Kier alpha value is -0.0300. The molecule has 0 aliphatic carbocycles. The van der Waals surface area contributed by atoms with Crippen molar-refractivity contribution in [2.75, 3.05) is 18.9 Å². The molecule has 0 spiro atoms. The fraction of sp³-hybridized carbons (Fsp3) is 0.538. The molecule has 4 heteroatoms. The zero-order chi connectivity index (χ0) is 12.5. The summed E-state index contributed by atoms with van der Waals surface area (Å²) < 4.78 is 1.11. The van der Waals surface area contributed by atoms with Gasteiger partial charge >= 0.3 is 0 Å². The quantitative estimate of drug-likeness (QED) is 0.569. The Bertz CT molecular complexity index is 333. The predicted octanol–water partition coefficient (Wildman–Crippen LogP) is 3.42. The lowest BCUT2D eigenvalue weighted by molar-refractivity contribution is 0.296. The van der Waals surface area contributed by atoms with Gasteiger partial charge < -0.3 is 10.4 Å². The van der Waals surface area contributed by atoms with Crippen molar-refractivity contribution in [3.05, 3.63) is 28.2 Å². The summed E-state index contributed by atoms with van der Waals surface area (Å²) >= 11 is 5.32. The van der Waals surface area contributed by atoms with Crippen LogP contribution in [-0.2, 0) is 6.54 Å². The largest absolute Gasteiger partial charge is 0.396 e. The molecule has 0 saturated carbocycles. The number of thioether (sulfide) groups is 1. The summed E-state index contributed by atoms with van der Waals surface area (Å²) in [6.45, 7) is 4.41. The highest BCUT2D eigenvalue weighted by atomic mass is 79.9. The van der Waals surface area contributed by atoms with Crippen molar-refractivity contribution < 1.29 is 5.11 Å². The third kappa shape index (κ3) is 5.91. The molecule has 0 aliphatic rings. The minimum absolute atomic E-state index is 0.268. The van der Waals surface area contributed by atoms with Crippen LogP contribution in [0.25, 0.3) is 0 Å². The van der Waals surface area contributed by atoms with E-state index in [1.807, 2.05) is 11.8 Å². The van der Waals surface area contributed by atoms with Crippen molar-refractivity contribution in [1.29, 1.82) is 0 Å². The maximum Gasteiger partial charge on any atom is 0.0439 e. The lowest BCUT2D eigenvalue weighted by Gasteiger charge is -2.10. The molecule has 0 bridgehead atoms. The summed E-state index contributed by atoms with van der Waals surface area (Å²) in [5, 5.41) is 12.2. The smallest absolute Gasteiger partial charge is 0.0439 e. The van der Waals surface area contributed by atoms with Gasteiger partial charge in [-0.15, -0.1) is 11.8 Å². The van der Waals surface area contributed by atoms with Crippen LogP contribution in [0.3, 0.4) is 0 Å². The Balaban J connectivity index is 2.59. The normalized spacial score (nSPS) is 10.8. The molecule has 0 saturated heterocycles. The molecular formula is C13H20BrNOS. The van der Waals surface area contributed by atoms with Crippen molar-refractivity contribution >= 4 is 27.7 Å². The monoisotopic (exact) mass is 317 g/mol. The molecule has 2 nitrogen and oxygen atoms in total. The van der Waals surface area contributed by atoms with Crippen LogP contribution in [0, 0.1) is 0 Å². The van der Waals surface area contributed by atoms with Gasteiger partial charge in [-0.3, -0.25) is 0 Å². The van der Waals surface area contributed by atoms with Crippen LogP contribution in [0.5, 0.6) is 0 Å². The Labute approximate surface area is 116 Å². The molecule has 2 N–H and O–H groups in total. The van der Waals surface area contributed by atoms with E-state index in [1.54, 1.807) is 0 Å². The van der Waals surface area contributed by atoms with E-state index >= 15 is 0 Å². The molecule has 0 aromatic heterocycles. The standard InChI is InChI=1S/C13H20BrNOS/c1-2-6-15-10-11-4-5-12(14)9-13(11)17-8-3-7-16/h4-5,9,15-16H,2-3,6-8,10H2,1H3. The van der Waals surface area contributed by atoms with Crippen LogP contribution in [0.2, 0.25) is 0 Å². The van der Waals surface area contributed by atoms with Crippen LogP contribution in [0.4, 0.5) is 0 Å². The molecule has 17 heavy (non-hydrogen) atoms. The fourth-order valence-corrected chi connectivity index (χ4v) is 3.00. The van der Waals surface area contributed by atoms with E-state index in [4.69, 9.17) is 5.11 Å². The van der Waals surface area contributed by atoms with Crippen LogP contribution in [0.15, 0.2) is 27.6 Å². The predicted molar refractivity (Wildman–Crippen MR) is 78.6 cm³/mol. The molecule has 96 valence electrons. The van der Waals surface area contributed by atoms with Gasteiger partial charge in [0.1, 0.15) is 0 Å². The third-order valence-corrected chi connectivity index (χ3v) is 4.01. The summed E-state index contributed by atoms with van der Waals surface area (Å²) in [7, 11) is 0. The molecular weight excluding hydrogens is 298 g/mol. The highest BCUT2D eigenvalue weighted by Crippen LogP contribution is 2.27. The molecule has 1 rings (SSSR count). The van der Waals surface area contributed by atoms with Gasteiger partial charge in [0.15, 0.2) is 0 Å². The molecule has 0 unspecified atom stereocenters. The van der Waals surface area contributed by atoms with E-state index in [2.05, 4.69) is 46.4 Å². The number of halogens is 1. The van der Waals surface area contributed by atoms with Gasteiger partial charge in [-0.25, -0.2) is 0 Å². The number of aliphatic hydroxyl groups excluding tert-OH is 1. The number of rotatable bonds is 8. The van der Waals surface area contributed by atoms with Gasteiger partial charge in [0.05, 0.1) is 0 Å². The second kappa shape index (κ2) is 8.97.